The summed E-state index contributed by atoms with van der Waals surface area (Å²) in [7, 11) is 0. The van der Waals surface area contributed by atoms with E-state index in [0.717, 1.165) is 6.42 Å². The molecule has 0 unspecified atom stereocenters. The Morgan fingerprint density at radius 1 is 0.450 bits per heavy atom. The first-order valence-electron chi connectivity index (χ1n) is 21.9. The van der Waals surface area contributed by atoms with Crippen LogP contribution in [-0.2, 0) is 60.7 Å². The van der Waals surface area contributed by atoms with Crippen molar-refractivity contribution in [2.75, 3.05) is 0 Å². The van der Waals surface area contributed by atoms with Crippen molar-refractivity contribution < 1.29 is 51.0 Å². The van der Waals surface area contributed by atoms with Crippen molar-refractivity contribution in [3.8, 4) is 22.3 Å². The molecule has 0 amide bonds. The number of hydrogen-bond donors (Lipinski definition) is 0. The smallest absolute Gasteiger partial charge is 1.00 e. The van der Waals surface area contributed by atoms with Gasteiger partial charge in [-0.1, -0.05) is 182 Å². The van der Waals surface area contributed by atoms with Gasteiger partial charge in [0.15, 0.2) is 0 Å². The summed E-state index contributed by atoms with van der Waals surface area (Å²) in [6.45, 7) is 39.0. The van der Waals surface area contributed by atoms with Crippen molar-refractivity contribution in [3.63, 3.8) is 0 Å². The van der Waals surface area contributed by atoms with Gasteiger partial charge in [0.2, 0.25) is 0 Å². The minimum absolute atomic E-state index is 0. The molecule has 0 heterocycles. The van der Waals surface area contributed by atoms with Gasteiger partial charge in [0.1, 0.15) is 0 Å². The maximum atomic E-state index is 3.38. The van der Waals surface area contributed by atoms with Gasteiger partial charge in [0.25, 0.3) is 0 Å². The standard InChI is InChI=1S/2C27H35.C3H6.2ClH.Zr/c2*1-8-9-11-19-14-20-12-10-13-24(25(20)15-19)21-16-22(26(2,3)4)18-23(17-21)27(5,6)7;1-3-2;;;/h2*10,12-18H,8-9,11H2,1-7H3;1-3H2;2*1H;/q2*-1;-2;;;+2/p-2. The van der Waals surface area contributed by atoms with E-state index in [9.17, 15) is 0 Å². The number of hydrogen-bond acceptors (Lipinski definition) is 0. The summed E-state index contributed by atoms with van der Waals surface area (Å²) in [4.78, 5) is 0. The minimum Gasteiger partial charge on any atom is -1.00 e. The molecule has 0 spiro atoms. The first-order chi connectivity index (χ1) is 26.6. The van der Waals surface area contributed by atoms with Crippen molar-refractivity contribution >= 4 is 21.5 Å². The zero-order valence-corrected chi connectivity index (χ0v) is 43.8. The van der Waals surface area contributed by atoms with Gasteiger partial charge in [0.05, 0.1) is 0 Å². The number of fused-ring (bicyclic) bond motifs is 2. The van der Waals surface area contributed by atoms with E-state index in [2.05, 4.69) is 208 Å². The molecule has 0 radical (unpaired) electrons. The normalized spacial score (nSPS) is 11.7. The number of rotatable bonds is 8. The van der Waals surface area contributed by atoms with Gasteiger partial charge in [-0.2, -0.15) is 12.1 Å². The van der Waals surface area contributed by atoms with Crippen LogP contribution >= 0.6 is 0 Å². The van der Waals surface area contributed by atoms with Gasteiger partial charge in [0, 0.05) is 0 Å². The van der Waals surface area contributed by atoms with Crippen LogP contribution in [0.25, 0.3) is 43.8 Å². The van der Waals surface area contributed by atoms with Gasteiger partial charge < -0.3 is 45.1 Å². The quantitative estimate of drug-likeness (QED) is 0.133. The summed E-state index contributed by atoms with van der Waals surface area (Å²) in [6.07, 6.45) is 8.13. The van der Waals surface area contributed by atoms with Crippen LogP contribution in [0.5, 0.6) is 0 Å². The van der Waals surface area contributed by atoms with Gasteiger partial charge in [-0.3, -0.25) is 0 Å². The Hall–Kier alpha value is -2.44. The summed E-state index contributed by atoms with van der Waals surface area (Å²) < 4.78 is 0. The first-order valence-corrected chi connectivity index (χ1v) is 21.9. The average molecular weight is 923 g/mol. The van der Waals surface area contributed by atoms with Crippen molar-refractivity contribution in [2.24, 2.45) is 0 Å². The van der Waals surface area contributed by atoms with Crippen LogP contribution in [0.1, 0.15) is 162 Å². The zero-order chi connectivity index (χ0) is 42.3. The Labute approximate surface area is 399 Å². The largest absolute Gasteiger partial charge is 2.00 e. The summed E-state index contributed by atoms with van der Waals surface area (Å²) >= 11 is 0. The van der Waals surface area contributed by atoms with E-state index in [4.69, 9.17) is 0 Å². The molecule has 0 bridgehead atoms. The van der Waals surface area contributed by atoms with Gasteiger partial charge in [-0.25, -0.2) is 0 Å². The summed E-state index contributed by atoms with van der Waals surface area (Å²) in [5, 5.41) is 5.54. The molecule has 0 aromatic heterocycles. The Morgan fingerprint density at radius 2 is 0.733 bits per heavy atom. The van der Waals surface area contributed by atoms with E-state index in [1.807, 2.05) is 0 Å². The minimum atomic E-state index is 0. The second-order valence-electron chi connectivity index (χ2n) is 20.5. The molecular formula is C57H76Cl2Zr-4. The monoisotopic (exact) mass is 920 g/mol. The van der Waals surface area contributed by atoms with Gasteiger partial charge >= 0.3 is 26.2 Å². The maximum Gasteiger partial charge on any atom is 2.00 e. The van der Waals surface area contributed by atoms with Crippen molar-refractivity contribution in [1.82, 2.24) is 0 Å². The van der Waals surface area contributed by atoms with Crippen LogP contribution in [0.3, 0.4) is 0 Å². The molecule has 60 heavy (non-hydrogen) atoms. The number of benzene rings is 4. The fourth-order valence-corrected chi connectivity index (χ4v) is 7.45. The van der Waals surface area contributed by atoms with Gasteiger partial charge in [-0.05, 0) is 67.9 Å². The van der Waals surface area contributed by atoms with Gasteiger partial charge in [-0.15, -0.1) is 69.1 Å². The van der Waals surface area contributed by atoms with Crippen LogP contribution in [0, 0.1) is 13.8 Å². The summed E-state index contributed by atoms with van der Waals surface area (Å²) in [5.41, 5.74) is 14.6. The first kappa shape index (κ1) is 55.6. The Bertz CT molecular complexity index is 1980. The van der Waals surface area contributed by atoms with Crippen LogP contribution < -0.4 is 24.8 Å². The van der Waals surface area contributed by atoms with E-state index >= 15 is 0 Å². The van der Waals surface area contributed by atoms with Crippen LogP contribution in [0.4, 0.5) is 0 Å². The molecular weight excluding hydrogens is 847 g/mol. The average Bonchev–Trinajstić information content (AvgIpc) is 3.75. The van der Waals surface area contributed by atoms with Crippen LogP contribution in [-0.4, -0.2) is 0 Å². The molecule has 0 aliphatic rings. The molecule has 0 saturated heterocycles. The molecule has 0 nitrogen and oxygen atoms in total. The molecule has 0 saturated carbocycles. The predicted octanol–water partition coefficient (Wildman–Crippen LogP) is 11.4. The maximum absolute atomic E-state index is 3.38. The Kier molecular flexibility index (Phi) is 21.6. The van der Waals surface area contributed by atoms with E-state index in [1.165, 1.54) is 116 Å². The molecule has 0 aliphatic heterocycles. The SMILES string of the molecule is CCCCc1cc2c(-c3cc(C(C)(C)C)cc(C(C)(C)C)c3)cccc2[cH-]1.CCCCc1cc2c(-c3cc(C(C)(C)C)cc(C(C)(C)C)c3)cccc2[cH-]1.[CH2-]C[CH2-].[Cl-].[Cl-].[Zr+2]. The van der Waals surface area contributed by atoms with Crippen molar-refractivity contribution in [1.29, 1.82) is 0 Å². The van der Waals surface area contributed by atoms with Crippen molar-refractivity contribution in [3.05, 3.63) is 144 Å². The topological polar surface area (TPSA) is 0 Å². The third kappa shape index (κ3) is 14.8. The van der Waals surface area contributed by atoms with E-state index in [0.29, 0.717) is 0 Å². The fourth-order valence-electron chi connectivity index (χ4n) is 7.45. The zero-order valence-electron chi connectivity index (χ0n) is 39.9. The predicted molar refractivity (Wildman–Crippen MR) is 257 cm³/mol. The summed E-state index contributed by atoms with van der Waals surface area (Å²) in [6, 6.07) is 37.5. The number of aryl methyl sites for hydroxylation is 2. The molecule has 326 valence electrons. The molecule has 0 aliphatic carbocycles. The fraction of sp³-hybridized carbons (Fsp3) is 0.439. The molecule has 6 aromatic carbocycles. The molecule has 0 N–H and O–H groups in total. The van der Waals surface area contributed by atoms with Crippen LogP contribution in [0.2, 0.25) is 0 Å². The molecule has 6 rings (SSSR count). The molecule has 3 heteroatoms. The third-order valence-corrected chi connectivity index (χ3v) is 11.2. The van der Waals surface area contributed by atoms with Crippen molar-refractivity contribution in [2.45, 2.75) is 164 Å². The third-order valence-electron chi connectivity index (χ3n) is 11.2. The molecule has 0 atom stereocenters. The number of unbranched alkanes of at least 4 members (excludes halogenated alkanes) is 2. The Morgan fingerprint density at radius 3 is 0.983 bits per heavy atom. The van der Waals surface area contributed by atoms with E-state index < -0.39 is 0 Å². The second kappa shape index (κ2) is 23.3. The number of halogens is 2. The van der Waals surface area contributed by atoms with E-state index in [1.54, 1.807) is 0 Å². The Balaban J connectivity index is 0.000000538. The molecule has 6 aromatic rings. The second-order valence-corrected chi connectivity index (χ2v) is 20.5. The van der Waals surface area contributed by atoms with E-state index in [-0.39, 0.29) is 72.7 Å². The molecule has 0 fully saturated rings. The summed E-state index contributed by atoms with van der Waals surface area (Å²) in [5.74, 6) is 0. The van der Waals surface area contributed by atoms with Crippen LogP contribution in [0.15, 0.2) is 97.1 Å².